The van der Waals surface area contributed by atoms with E-state index in [0.29, 0.717) is 22.2 Å². The summed E-state index contributed by atoms with van der Waals surface area (Å²) in [5.74, 6) is -0.941. The van der Waals surface area contributed by atoms with Gasteiger partial charge in [0.25, 0.3) is 0 Å². The summed E-state index contributed by atoms with van der Waals surface area (Å²) < 4.78 is 0. The molecule has 2 N–H and O–H groups in total. The molecule has 1 heterocycles. The van der Waals surface area contributed by atoms with E-state index in [1.807, 2.05) is 6.07 Å². The minimum Gasteiger partial charge on any atom is -0.480 e. The lowest BCUT2D eigenvalue weighted by Gasteiger charge is -2.26. The van der Waals surface area contributed by atoms with E-state index < -0.39 is 12.0 Å². The van der Waals surface area contributed by atoms with Gasteiger partial charge in [0.2, 0.25) is 5.91 Å². The zero-order valence-corrected chi connectivity index (χ0v) is 12.1. The van der Waals surface area contributed by atoms with Crippen molar-refractivity contribution in [1.82, 2.24) is 5.32 Å². The van der Waals surface area contributed by atoms with Crippen LogP contribution < -0.4 is 5.32 Å². The first-order chi connectivity index (χ1) is 8.99. The molecule has 2 rings (SSSR count). The van der Waals surface area contributed by atoms with Crippen molar-refractivity contribution in [3.63, 3.8) is 0 Å². The van der Waals surface area contributed by atoms with Gasteiger partial charge < -0.3 is 10.4 Å². The Balaban J connectivity index is 2.07. The van der Waals surface area contributed by atoms with Crippen LogP contribution in [0.4, 0.5) is 0 Å². The van der Waals surface area contributed by atoms with Crippen LogP contribution in [0.15, 0.2) is 18.2 Å². The van der Waals surface area contributed by atoms with Gasteiger partial charge in [0.15, 0.2) is 0 Å². The molecule has 1 fully saturated rings. The fraction of sp³-hybridized carbons (Fsp3) is 0.333. The third kappa shape index (κ3) is 3.35. The SMILES string of the molecule is O=C(O)[C@H]1CS[C@H](Cc2cccc(Cl)c2Cl)C(=O)N1. The summed E-state index contributed by atoms with van der Waals surface area (Å²) in [6, 6.07) is 4.45. The smallest absolute Gasteiger partial charge is 0.327 e. The molecule has 0 aliphatic carbocycles. The molecule has 0 saturated carbocycles. The molecule has 1 aromatic rings. The van der Waals surface area contributed by atoms with E-state index in [1.54, 1.807) is 12.1 Å². The van der Waals surface area contributed by atoms with Crippen molar-refractivity contribution < 1.29 is 14.7 Å². The van der Waals surface area contributed by atoms with E-state index in [2.05, 4.69) is 5.32 Å². The molecule has 102 valence electrons. The van der Waals surface area contributed by atoms with Gasteiger partial charge in [-0.1, -0.05) is 35.3 Å². The molecular formula is C12H11Cl2NO3S. The van der Waals surface area contributed by atoms with Gasteiger partial charge in [-0.3, -0.25) is 4.79 Å². The maximum atomic E-state index is 11.8. The molecule has 4 nitrogen and oxygen atoms in total. The number of hydrogen-bond donors (Lipinski definition) is 2. The first-order valence-electron chi connectivity index (χ1n) is 5.56. The van der Waals surface area contributed by atoms with Crippen LogP contribution >= 0.6 is 35.0 Å². The molecule has 0 aromatic heterocycles. The second kappa shape index (κ2) is 6.03. The molecule has 0 bridgehead atoms. The summed E-state index contributed by atoms with van der Waals surface area (Å²) in [6.07, 6.45) is 0.433. The Bertz CT molecular complexity index is 524. The lowest BCUT2D eigenvalue weighted by atomic mass is 10.1. The molecule has 2 atom stereocenters. The highest BCUT2D eigenvalue weighted by atomic mass is 35.5. The average molecular weight is 320 g/mol. The van der Waals surface area contributed by atoms with Gasteiger partial charge in [0, 0.05) is 5.75 Å². The highest BCUT2D eigenvalue weighted by molar-refractivity contribution is 8.00. The van der Waals surface area contributed by atoms with Crippen molar-refractivity contribution >= 4 is 46.8 Å². The quantitative estimate of drug-likeness (QED) is 0.896. The summed E-state index contributed by atoms with van der Waals surface area (Å²) in [4.78, 5) is 22.6. The summed E-state index contributed by atoms with van der Waals surface area (Å²) in [6.45, 7) is 0. The molecule has 19 heavy (non-hydrogen) atoms. The van der Waals surface area contributed by atoms with Crippen LogP contribution in [0.2, 0.25) is 10.0 Å². The van der Waals surface area contributed by atoms with Gasteiger partial charge in [0.1, 0.15) is 6.04 Å². The summed E-state index contributed by atoms with van der Waals surface area (Å²) in [7, 11) is 0. The molecule has 0 unspecified atom stereocenters. The van der Waals surface area contributed by atoms with Crippen LogP contribution in [-0.4, -0.2) is 34.0 Å². The molecule has 7 heteroatoms. The Morgan fingerprint density at radius 1 is 1.47 bits per heavy atom. The summed E-state index contributed by atoms with van der Waals surface area (Å²) in [5, 5.41) is 11.9. The molecule has 1 aliphatic rings. The number of aliphatic carboxylic acids is 1. The van der Waals surface area contributed by atoms with Gasteiger partial charge in [-0.25, -0.2) is 4.79 Å². The van der Waals surface area contributed by atoms with Crippen LogP contribution in [0.3, 0.4) is 0 Å². The van der Waals surface area contributed by atoms with Crippen LogP contribution in [0.5, 0.6) is 0 Å². The Kier molecular flexibility index (Phi) is 4.60. The average Bonchev–Trinajstić information content (AvgIpc) is 2.37. The predicted octanol–water partition coefficient (Wildman–Crippen LogP) is 2.22. The first-order valence-corrected chi connectivity index (χ1v) is 7.37. The summed E-state index contributed by atoms with van der Waals surface area (Å²) in [5.41, 5.74) is 0.788. The van der Waals surface area contributed by atoms with Crippen LogP contribution in [-0.2, 0) is 16.0 Å². The number of carboxylic acid groups (broad SMARTS) is 1. The number of rotatable bonds is 3. The molecule has 0 radical (unpaired) electrons. The van der Waals surface area contributed by atoms with Crippen molar-refractivity contribution in [3.8, 4) is 0 Å². The lowest BCUT2D eigenvalue weighted by molar-refractivity contribution is -0.141. The lowest BCUT2D eigenvalue weighted by Crippen LogP contribution is -2.51. The number of carbonyl (C=O) groups is 2. The van der Waals surface area contributed by atoms with Crippen molar-refractivity contribution in [2.45, 2.75) is 17.7 Å². The Hall–Kier alpha value is -0.910. The first kappa shape index (κ1) is 14.5. The number of hydrogen-bond acceptors (Lipinski definition) is 3. The van der Waals surface area contributed by atoms with E-state index in [-0.39, 0.29) is 11.2 Å². The number of carboxylic acids is 1. The van der Waals surface area contributed by atoms with Gasteiger partial charge in [-0.15, -0.1) is 11.8 Å². The molecule has 0 spiro atoms. The van der Waals surface area contributed by atoms with E-state index in [4.69, 9.17) is 28.3 Å². The molecule has 1 amide bonds. The maximum absolute atomic E-state index is 11.8. The van der Waals surface area contributed by atoms with Crippen LogP contribution in [0.1, 0.15) is 5.56 Å². The number of benzene rings is 1. The van der Waals surface area contributed by atoms with Gasteiger partial charge >= 0.3 is 5.97 Å². The van der Waals surface area contributed by atoms with E-state index in [9.17, 15) is 9.59 Å². The number of carbonyl (C=O) groups excluding carboxylic acids is 1. The number of halogens is 2. The third-order valence-corrected chi connectivity index (χ3v) is 4.97. The minimum absolute atomic E-state index is 0.278. The van der Waals surface area contributed by atoms with Gasteiger partial charge in [0.05, 0.1) is 15.3 Å². The normalized spacial score (nSPS) is 22.9. The predicted molar refractivity (Wildman–Crippen MR) is 76.0 cm³/mol. The highest BCUT2D eigenvalue weighted by Crippen LogP contribution is 2.29. The van der Waals surface area contributed by atoms with E-state index >= 15 is 0 Å². The van der Waals surface area contributed by atoms with Crippen molar-refractivity contribution in [2.75, 3.05) is 5.75 Å². The maximum Gasteiger partial charge on any atom is 0.327 e. The molecule has 1 saturated heterocycles. The van der Waals surface area contributed by atoms with Gasteiger partial charge in [-0.05, 0) is 18.1 Å². The molecule has 1 aliphatic heterocycles. The standard InChI is InChI=1S/C12H11Cl2NO3S/c13-7-3-1-2-6(10(7)14)4-9-11(16)15-8(5-19-9)12(17)18/h1-3,8-9H,4-5H2,(H,15,16)(H,17,18)/t8-,9-/m1/s1. The van der Waals surface area contributed by atoms with Crippen LogP contribution in [0, 0.1) is 0 Å². The van der Waals surface area contributed by atoms with Crippen LogP contribution in [0.25, 0.3) is 0 Å². The third-order valence-electron chi connectivity index (χ3n) is 2.81. The Morgan fingerprint density at radius 2 is 2.21 bits per heavy atom. The topological polar surface area (TPSA) is 66.4 Å². The number of nitrogens with one attached hydrogen (secondary N) is 1. The van der Waals surface area contributed by atoms with E-state index in [1.165, 1.54) is 11.8 Å². The van der Waals surface area contributed by atoms with Gasteiger partial charge in [-0.2, -0.15) is 0 Å². The molecule has 1 aromatic carbocycles. The molecular weight excluding hydrogens is 309 g/mol. The minimum atomic E-state index is -1.01. The number of thioether (sulfide) groups is 1. The second-order valence-electron chi connectivity index (χ2n) is 4.14. The second-order valence-corrected chi connectivity index (χ2v) is 6.16. The number of amides is 1. The largest absolute Gasteiger partial charge is 0.480 e. The monoisotopic (exact) mass is 319 g/mol. The fourth-order valence-corrected chi connectivity index (χ4v) is 3.35. The van der Waals surface area contributed by atoms with E-state index in [0.717, 1.165) is 5.56 Å². The highest BCUT2D eigenvalue weighted by Gasteiger charge is 2.32. The fourth-order valence-electron chi connectivity index (χ4n) is 1.78. The van der Waals surface area contributed by atoms with Crippen molar-refractivity contribution in [3.05, 3.63) is 33.8 Å². The zero-order chi connectivity index (χ0) is 14.0. The van der Waals surface area contributed by atoms with Crippen molar-refractivity contribution in [1.29, 1.82) is 0 Å². The Labute approximate surface area is 124 Å². The zero-order valence-electron chi connectivity index (χ0n) is 9.73. The Morgan fingerprint density at radius 3 is 2.84 bits per heavy atom. The van der Waals surface area contributed by atoms with Crippen molar-refractivity contribution in [2.24, 2.45) is 0 Å². The summed E-state index contributed by atoms with van der Waals surface area (Å²) >= 11 is 13.3.